The van der Waals surface area contributed by atoms with Crippen LogP contribution in [0, 0.1) is 0 Å². The average molecular weight is 140 g/mol. The smallest absolute Gasteiger partial charge is 0.106 e. The molecule has 1 fully saturated rings. The molecule has 1 heteroatoms. The maximum Gasteiger partial charge on any atom is 0.106 e. The predicted octanol–water partition coefficient (Wildman–Crippen LogP) is 2.87. The van der Waals surface area contributed by atoms with Crippen molar-refractivity contribution < 1.29 is 4.74 Å². The fourth-order valence-corrected chi connectivity index (χ4v) is 0.930. The predicted molar refractivity (Wildman–Crippen MR) is 42.8 cm³/mol. The van der Waals surface area contributed by atoms with E-state index in [0.717, 1.165) is 12.2 Å². The van der Waals surface area contributed by atoms with E-state index in [-0.39, 0.29) is 5.60 Å². The first-order chi connectivity index (χ1) is 4.70. The number of hydrogen-bond acceptors (Lipinski definition) is 1. The SMILES string of the molecule is C/C=C(\CC)OC1(C)CC1. The molecule has 0 aromatic heterocycles. The lowest BCUT2D eigenvalue weighted by Crippen LogP contribution is -2.07. The number of allylic oxidation sites excluding steroid dienone is 2. The monoisotopic (exact) mass is 140 g/mol. The van der Waals surface area contributed by atoms with E-state index < -0.39 is 0 Å². The van der Waals surface area contributed by atoms with Gasteiger partial charge in [-0.25, -0.2) is 0 Å². The van der Waals surface area contributed by atoms with Crippen LogP contribution in [0.3, 0.4) is 0 Å². The van der Waals surface area contributed by atoms with Gasteiger partial charge in [0.2, 0.25) is 0 Å². The van der Waals surface area contributed by atoms with Crippen molar-refractivity contribution in [3.8, 4) is 0 Å². The molecular formula is C9H16O. The highest BCUT2D eigenvalue weighted by Crippen LogP contribution is 2.40. The summed E-state index contributed by atoms with van der Waals surface area (Å²) in [7, 11) is 0. The first-order valence-electron chi connectivity index (χ1n) is 4.04. The van der Waals surface area contributed by atoms with Gasteiger partial charge in [0, 0.05) is 6.42 Å². The largest absolute Gasteiger partial charge is 0.492 e. The molecule has 58 valence electrons. The molecule has 0 saturated heterocycles. The third-order valence-electron chi connectivity index (χ3n) is 2.00. The summed E-state index contributed by atoms with van der Waals surface area (Å²) < 4.78 is 5.71. The summed E-state index contributed by atoms with van der Waals surface area (Å²) >= 11 is 0. The molecule has 1 saturated carbocycles. The lowest BCUT2D eigenvalue weighted by molar-refractivity contribution is 0.105. The maximum absolute atomic E-state index is 5.71. The Labute approximate surface area is 63.1 Å². The lowest BCUT2D eigenvalue weighted by Gasteiger charge is -2.14. The van der Waals surface area contributed by atoms with Gasteiger partial charge in [0.15, 0.2) is 0 Å². The number of rotatable bonds is 3. The molecule has 0 aromatic carbocycles. The van der Waals surface area contributed by atoms with Gasteiger partial charge in [-0.05, 0) is 32.8 Å². The van der Waals surface area contributed by atoms with Crippen LogP contribution in [-0.2, 0) is 4.74 Å². The van der Waals surface area contributed by atoms with Gasteiger partial charge >= 0.3 is 0 Å². The third-order valence-corrected chi connectivity index (χ3v) is 2.00. The quantitative estimate of drug-likeness (QED) is 0.548. The van der Waals surface area contributed by atoms with Gasteiger partial charge < -0.3 is 4.74 Å². The normalized spacial score (nSPS) is 22.5. The van der Waals surface area contributed by atoms with Crippen LogP contribution in [0.5, 0.6) is 0 Å². The Hall–Kier alpha value is -0.460. The number of hydrogen-bond donors (Lipinski definition) is 0. The van der Waals surface area contributed by atoms with Crippen molar-refractivity contribution in [2.75, 3.05) is 0 Å². The highest BCUT2D eigenvalue weighted by atomic mass is 16.5. The second-order valence-corrected chi connectivity index (χ2v) is 3.16. The van der Waals surface area contributed by atoms with Crippen LogP contribution >= 0.6 is 0 Å². The first-order valence-corrected chi connectivity index (χ1v) is 4.04. The molecular weight excluding hydrogens is 124 g/mol. The Balaban J connectivity index is 2.36. The molecule has 1 rings (SSSR count). The zero-order chi connectivity index (χ0) is 7.61. The molecule has 1 aliphatic rings. The van der Waals surface area contributed by atoms with Crippen molar-refractivity contribution >= 4 is 0 Å². The standard InChI is InChI=1S/C9H16O/c1-4-8(5-2)10-9(3)6-7-9/h4H,5-7H2,1-3H3/b8-4+. The Morgan fingerprint density at radius 3 is 2.50 bits per heavy atom. The van der Waals surface area contributed by atoms with Crippen LogP contribution in [0.4, 0.5) is 0 Å². The molecule has 0 bridgehead atoms. The Morgan fingerprint density at radius 1 is 1.60 bits per heavy atom. The van der Waals surface area contributed by atoms with Crippen molar-refractivity contribution in [3.05, 3.63) is 11.8 Å². The van der Waals surface area contributed by atoms with Crippen LogP contribution in [-0.4, -0.2) is 5.60 Å². The van der Waals surface area contributed by atoms with E-state index in [9.17, 15) is 0 Å². The summed E-state index contributed by atoms with van der Waals surface area (Å²) in [4.78, 5) is 0. The van der Waals surface area contributed by atoms with Gasteiger partial charge in [-0.1, -0.05) is 6.92 Å². The minimum absolute atomic E-state index is 0.206. The molecule has 0 radical (unpaired) electrons. The maximum atomic E-state index is 5.71. The van der Waals surface area contributed by atoms with E-state index in [0.29, 0.717) is 0 Å². The lowest BCUT2D eigenvalue weighted by atomic mass is 10.3. The second-order valence-electron chi connectivity index (χ2n) is 3.16. The molecule has 1 aliphatic carbocycles. The van der Waals surface area contributed by atoms with E-state index in [1.165, 1.54) is 12.8 Å². The van der Waals surface area contributed by atoms with Gasteiger partial charge in [-0.15, -0.1) is 0 Å². The average Bonchev–Trinajstić information content (AvgIpc) is 2.64. The third kappa shape index (κ3) is 1.76. The summed E-state index contributed by atoms with van der Waals surface area (Å²) in [6.07, 6.45) is 5.53. The fraction of sp³-hybridized carbons (Fsp3) is 0.778. The van der Waals surface area contributed by atoms with E-state index in [2.05, 4.69) is 19.9 Å². The van der Waals surface area contributed by atoms with Gasteiger partial charge in [-0.2, -0.15) is 0 Å². The molecule has 0 aliphatic heterocycles. The topological polar surface area (TPSA) is 9.23 Å². The minimum atomic E-state index is 0.206. The first kappa shape index (κ1) is 7.64. The van der Waals surface area contributed by atoms with Crippen molar-refractivity contribution in [2.24, 2.45) is 0 Å². The second kappa shape index (κ2) is 2.65. The van der Waals surface area contributed by atoms with Crippen molar-refractivity contribution in [1.82, 2.24) is 0 Å². The van der Waals surface area contributed by atoms with Gasteiger partial charge in [0.05, 0.1) is 5.76 Å². The van der Waals surface area contributed by atoms with Crippen LogP contribution in [0.2, 0.25) is 0 Å². The van der Waals surface area contributed by atoms with Crippen LogP contribution in [0.25, 0.3) is 0 Å². The molecule has 0 unspecified atom stereocenters. The summed E-state index contributed by atoms with van der Waals surface area (Å²) in [5.74, 6) is 1.14. The molecule has 0 spiro atoms. The zero-order valence-corrected chi connectivity index (χ0v) is 7.11. The molecule has 0 aromatic rings. The van der Waals surface area contributed by atoms with E-state index in [1.54, 1.807) is 0 Å². The highest BCUT2D eigenvalue weighted by Gasteiger charge is 2.40. The highest BCUT2D eigenvalue weighted by molar-refractivity contribution is 4.99. The Bertz CT molecular complexity index is 143. The summed E-state index contributed by atoms with van der Waals surface area (Å²) in [5.41, 5.74) is 0.206. The van der Waals surface area contributed by atoms with Gasteiger partial charge in [0.25, 0.3) is 0 Å². The van der Waals surface area contributed by atoms with Gasteiger partial charge in [-0.3, -0.25) is 0 Å². The molecule has 0 N–H and O–H groups in total. The van der Waals surface area contributed by atoms with E-state index in [4.69, 9.17) is 4.74 Å². The van der Waals surface area contributed by atoms with Gasteiger partial charge in [0.1, 0.15) is 5.60 Å². The summed E-state index contributed by atoms with van der Waals surface area (Å²) in [5, 5.41) is 0. The molecule has 1 nitrogen and oxygen atoms in total. The number of ether oxygens (including phenoxy) is 1. The Morgan fingerprint density at radius 2 is 2.20 bits per heavy atom. The van der Waals surface area contributed by atoms with Crippen LogP contribution in [0.15, 0.2) is 11.8 Å². The van der Waals surface area contributed by atoms with E-state index in [1.807, 2.05) is 6.92 Å². The zero-order valence-electron chi connectivity index (χ0n) is 7.11. The van der Waals surface area contributed by atoms with Crippen LogP contribution < -0.4 is 0 Å². The summed E-state index contributed by atoms with van der Waals surface area (Å²) in [6, 6.07) is 0. The molecule has 0 atom stereocenters. The van der Waals surface area contributed by atoms with E-state index >= 15 is 0 Å². The van der Waals surface area contributed by atoms with Crippen molar-refractivity contribution in [3.63, 3.8) is 0 Å². The molecule has 0 amide bonds. The minimum Gasteiger partial charge on any atom is -0.492 e. The fourth-order valence-electron chi connectivity index (χ4n) is 0.930. The van der Waals surface area contributed by atoms with Crippen molar-refractivity contribution in [2.45, 2.75) is 45.6 Å². The molecule has 10 heavy (non-hydrogen) atoms. The van der Waals surface area contributed by atoms with Crippen molar-refractivity contribution in [1.29, 1.82) is 0 Å². The molecule has 0 heterocycles. The summed E-state index contributed by atoms with van der Waals surface area (Å²) in [6.45, 7) is 6.33. The Kier molecular flexibility index (Phi) is 2.02. The van der Waals surface area contributed by atoms with Crippen LogP contribution in [0.1, 0.15) is 40.0 Å².